The molecular formula is C16H19FN2S. The number of hydrogen-bond acceptors (Lipinski definition) is 3. The van der Waals surface area contributed by atoms with Crippen LogP contribution in [0.3, 0.4) is 0 Å². The van der Waals surface area contributed by atoms with E-state index in [1.54, 1.807) is 0 Å². The van der Waals surface area contributed by atoms with E-state index < -0.39 is 0 Å². The molecule has 2 aromatic rings. The van der Waals surface area contributed by atoms with Gasteiger partial charge in [0.25, 0.3) is 0 Å². The predicted molar refractivity (Wildman–Crippen MR) is 80.7 cm³/mol. The average Bonchev–Trinajstić information content (AvgIpc) is 2.89. The lowest BCUT2D eigenvalue weighted by Gasteiger charge is -2.15. The van der Waals surface area contributed by atoms with Gasteiger partial charge in [-0.15, -0.1) is 11.3 Å². The molecule has 1 aromatic carbocycles. The van der Waals surface area contributed by atoms with Crippen LogP contribution in [0.2, 0.25) is 0 Å². The summed E-state index contributed by atoms with van der Waals surface area (Å²) in [4.78, 5) is 6.27. The van der Waals surface area contributed by atoms with Crippen LogP contribution in [0.25, 0.3) is 0 Å². The third kappa shape index (κ3) is 2.76. The van der Waals surface area contributed by atoms with E-state index in [9.17, 15) is 4.39 Å². The molecule has 1 atom stereocenters. The molecular weight excluding hydrogens is 271 g/mol. The Morgan fingerprint density at radius 3 is 2.70 bits per heavy atom. The molecule has 1 heterocycles. The van der Waals surface area contributed by atoms with Crippen molar-refractivity contribution in [3.05, 3.63) is 51.2 Å². The number of aromatic nitrogens is 1. The zero-order valence-electron chi connectivity index (χ0n) is 11.7. The van der Waals surface area contributed by atoms with Gasteiger partial charge < -0.3 is 5.32 Å². The molecule has 1 unspecified atom stereocenters. The van der Waals surface area contributed by atoms with Gasteiger partial charge in [-0.2, -0.15) is 0 Å². The Bertz CT molecular complexity index is 553. The molecule has 0 fully saturated rings. The summed E-state index contributed by atoms with van der Waals surface area (Å²) in [6.07, 6.45) is 4.79. The SMILES string of the molecule is CCNC(c1ccc(F)cc1)c1nc2c(s1)CCCC2. The molecule has 0 bridgehead atoms. The maximum Gasteiger partial charge on any atom is 0.123 e. The van der Waals surface area contributed by atoms with Crippen LogP contribution < -0.4 is 5.32 Å². The second-order valence-corrected chi connectivity index (χ2v) is 6.29. The Kier molecular flexibility index (Phi) is 4.13. The van der Waals surface area contributed by atoms with Crippen molar-refractivity contribution in [2.45, 2.75) is 38.6 Å². The molecule has 0 saturated heterocycles. The number of thiazole rings is 1. The third-order valence-corrected chi connectivity index (χ3v) is 4.94. The van der Waals surface area contributed by atoms with E-state index in [1.165, 1.54) is 35.5 Å². The van der Waals surface area contributed by atoms with E-state index in [2.05, 4.69) is 12.2 Å². The minimum absolute atomic E-state index is 0.0798. The Morgan fingerprint density at radius 2 is 2.00 bits per heavy atom. The number of hydrogen-bond donors (Lipinski definition) is 1. The fourth-order valence-corrected chi connectivity index (χ4v) is 3.96. The van der Waals surface area contributed by atoms with Crippen molar-refractivity contribution in [3.63, 3.8) is 0 Å². The molecule has 4 heteroatoms. The van der Waals surface area contributed by atoms with E-state index in [0.29, 0.717) is 0 Å². The van der Waals surface area contributed by atoms with Crippen molar-refractivity contribution in [2.75, 3.05) is 6.54 Å². The number of fused-ring (bicyclic) bond motifs is 1. The van der Waals surface area contributed by atoms with Crippen molar-refractivity contribution >= 4 is 11.3 Å². The largest absolute Gasteiger partial charge is 0.305 e. The second-order valence-electron chi connectivity index (χ2n) is 5.17. The average molecular weight is 290 g/mol. The summed E-state index contributed by atoms with van der Waals surface area (Å²) >= 11 is 1.82. The minimum atomic E-state index is -0.192. The normalized spacial score (nSPS) is 15.9. The van der Waals surface area contributed by atoms with Crippen LogP contribution in [0.1, 0.15) is 46.9 Å². The van der Waals surface area contributed by atoms with Gasteiger partial charge in [0.1, 0.15) is 10.8 Å². The molecule has 106 valence electrons. The Hall–Kier alpha value is -1.26. The molecule has 0 aliphatic heterocycles. The number of nitrogens with one attached hydrogen (secondary N) is 1. The minimum Gasteiger partial charge on any atom is -0.305 e. The highest BCUT2D eigenvalue weighted by Crippen LogP contribution is 2.32. The van der Waals surface area contributed by atoms with Crippen LogP contribution >= 0.6 is 11.3 Å². The van der Waals surface area contributed by atoms with Crippen LogP contribution in [-0.4, -0.2) is 11.5 Å². The Morgan fingerprint density at radius 1 is 1.25 bits per heavy atom. The summed E-state index contributed by atoms with van der Waals surface area (Å²) in [7, 11) is 0. The second kappa shape index (κ2) is 6.02. The van der Waals surface area contributed by atoms with Gasteiger partial charge in [-0.3, -0.25) is 0 Å². The van der Waals surface area contributed by atoms with Gasteiger partial charge in [-0.1, -0.05) is 19.1 Å². The van der Waals surface area contributed by atoms with Crippen molar-refractivity contribution in [2.24, 2.45) is 0 Å². The van der Waals surface area contributed by atoms with Crippen molar-refractivity contribution in [1.29, 1.82) is 0 Å². The lowest BCUT2D eigenvalue weighted by Crippen LogP contribution is -2.21. The zero-order chi connectivity index (χ0) is 13.9. The summed E-state index contributed by atoms with van der Waals surface area (Å²) in [5, 5.41) is 4.59. The standard InChI is InChI=1S/C16H19FN2S/c1-2-18-15(11-7-9-12(17)10-8-11)16-19-13-5-3-4-6-14(13)20-16/h7-10,15,18H,2-6H2,1H3. The molecule has 0 spiro atoms. The van der Waals surface area contributed by atoms with Crippen LogP contribution in [0.15, 0.2) is 24.3 Å². The van der Waals surface area contributed by atoms with E-state index in [4.69, 9.17) is 4.98 Å². The first-order chi connectivity index (χ1) is 9.78. The smallest absolute Gasteiger partial charge is 0.123 e. The molecule has 0 saturated carbocycles. The van der Waals surface area contributed by atoms with Gasteiger partial charge >= 0.3 is 0 Å². The van der Waals surface area contributed by atoms with E-state index in [1.807, 2.05) is 23.5 Å². The molecule has 1 aliphatic rings. The summed E-state index contributed by atoms with van der Waals surface area (Å²) < 4.78 is 13.1. The van der Waals surface area contributed by atoms with E-state index in [-0.39, 0.29) is 11.9 Å². The fraction of sp³-hybridized carbons (Fsp3) is 0.438. The molecule has 0 amide bonds. The van der Waals surface area contributed by atoms with Crippen molar-refractivity contribution in [1.82, 2.24) is 10.3 Å². The van der Waals surface area contributed by atoms with Crippen LogP contribution in [0.5, 0.6) is 0 Å². The third-order valence-electron chi connectivity index (χ3n) is 3.72. The summed E-state index contributed by atoms with van der Waals surface area (Å²) in [5.74, 6) is -0.192. The lowest BCUT2D eigenvalue weighted by molar-refractivity contribution is 0.609. The topological polar surface area (TPSA) is 24.9 Å². The van der Waals surface area contributed by atoms with E-state index >= 15 is 0 Å². The maximum atomic E-state index is 13.1. The monoisotopic (exact) mass is 290 g/mol. The quantitative estimate of drug-likeness (QED) is 0.925. The number of rotatable bonds is 4. The first-order valence-corrected chi connectivity index (χ1v) is 8.07. The molecule has 0 radical (unpaired) electrons. The first-order valence-electron chi connectivity index (χ1n) is 7.25. The van der Waals surface area contributed by atoms with Gasteiger partial charge in [-0.05, 0) is 49.9 Å². The molecule has 20 heavy (non-hydrogen) atoms. The Labute approximate surface area is 123 Å². The van der Waals surface area contributed by atoms with Crippen LogP contribution in [0, 0.1) is 5.82 Å². The molecule has 3 rings (SSSR count). The predicted octanol–water partition coefficient (Wildman–Crippen LogP) is 3.86. The number of halogens is 1. The van der Waals surface area contributed by atoms with Gasteiger partial charge in [0.15, 0.2) is 0 Å². The van der Waals surface area contributed by atoms with E-state index in [0.717, 1.165) is 30.0 Å². The van der Waals surface area contributed by atoms with Crippen molar-refractivity contribution < 1.29 is 4.39 Å². The lowest BCUT2D eigenvalue weighted by atomic mass is 10.0. The number of benzene rings is 1. The molecule has 2 nitrogen and oxygen atoms in total. The van der Waals surface area contributed by atoms with Gasteiger partial charge in [0, 0.05) is 4.88 Å². The molecule has 1 aliphatic carbocycles. The summed E-state index contributed by atoms with van der Waals surface area (Å²) in [5.41, 5.74) is 2.36. The number of nitrogens with zero attached hydrogens (tertiary/aromatic N) is 1. The van der Waals surface area contributed by atoms with Crippen molar-refractivity contribution in [3.8, 4) is 0 Å². The fourth-order valence-electron chi connectivity index (χ4n) is 2.70. The van der Waals surface area contributed by atoms with Gasteiger partial charge in [0.05, 0.1) is 11.7 Å². The number of aryl methyl sites for hydroxylation is 2. The van der Waals surface area contributed by atoms with Gasteiger partial charge in [-0.25, -0.2) is 9.37 Å². The van der Waals surface area contributed by atoms with Gasteiger partial charge in [0.2, 0.25) is 0 Å². The molecule has 1 aromatic heterocycles. The summed E-state index contributed by atoms with van der Waals surface area (Å²) in [6, 6.07) is 6.82. The first kappa shape index (κ1) is 13.7. The highest BCUT2D eigenvalue weighted by atomic mass is 32.1. The Balaban J connectivity index is 1.93. The highest BCUT2D eigenvalue weighted by molar-refractivity contribution is 7.11. The van der Waals surface area contributed by atoms with Crippen LogP contribution in [-0.2, 0) is 12.8 Å². The highest BCUT2D eigenvalue weighted by Gasteiger charge is 2.21. The zero-order valence-corrected chi connectivity index (χ0v) is 12.5. The molecule has 1 N–H and O–H groups in total. The van der Waals surface area contributed by atoms with Crippen LogP contribution in [0.4, 0.5) is 4.39 Å². The summed E-state index contributed by atoms with van der Waals surface area (Å²) in [6.45, 7) is 2.95. The maximum absolute atomic E-state index is 13.1.